The molecule has 0 heterocycles. The summed E-state index contributed by atoms with van der Waals surface area (Å²) < 4.78 is 4.79. The molecule has 9 nitrogen and oxygen atoms in total. The maximum absolute atomic E-state index is 11.9. The predicted molar refractivity (Wildman–Crippen MR) is 95.4 cm³/mol. The normalized spacial score (nSPS) is 10.0. The fraction of sp³-hybridized carbons (Fsp3) is 0.0625. The van der Waals surface area contributed by atoms with Crippen LogP contribution < -0.4 is 10.9 Å². The highest BCUT2D eigenvalue weighted by atomic mass is 35.5. The third-order valence-corrected chi connectivity index (χ3v) is 3.79. The molecule has 2 aromatic carbocycles. The van der Waals surface area contributed by atoms with Crippen LogP contribution in [0.25, 0.3) is 0 Å². The topological polar surface area (TPSA) is 128 Å². The fourth-order valence-corrected chi connectivity index (χ4v) is 2.42. The maximum atomic E-state index is 11.9. The lowest BCUT2D eigenvalue weighted by Gasteiger charge is -2.09. The Balaban J connectivity index is 1.84. The highest BCUT2D eigenvalue weighted by Gasteiger charge is 2.17. The van der Waals surface area contributed by atoms with Crippen LogP contribution in [-0.2, 0) is 9.53 Å². The minimum Gasteiger partial charge on any atom is -0.452 e. The maximum Gasteiger partial charge on any atom is 0.341 e. The number of rotatable bonds is 5. The Morgan fingerprint density at radius 1 is 1.00 bits per heavy atom. The average molecular weight is 412 g/mol. The lowest BCUT2D eigenvalue weighted by Crippen LogP contribution is -2.43. The van der Waals surface area contributed by atoms with Crippen LogP contribution in [0.5, 0.6) is 0 Å². The first kappa shape index (κ1) is 20.1. The number of ether oxygens (including phenoxy) is 1. The number of amides is 2. The molecule has 0 bridgehead atoms. The lowest BCUT2D eigenvalue weighted by atomic mass is 10.2. The third kappa shape index (κ3) is 5.40. The van der Waals surface area contributed by atoms with Crippen molar-refractivity contribution in [2.45, 2.75) is 0 Å². The van der Waals surface area contributed by atoms with Crippen LogP contribution in [0.15, 0.2) is 42.5 Å². The zero-order chi connectivity index (χ0) is 20.0. The van der Waals surface area contributed by atoms with E-state index in [0.29, 0.717) is 0 Å². The summed E-state index contributed by atoms with van der Waals surface area (Å²) in [5, 5.41) is 10.7. The molecule has 2 rings (SSSR count). The highest BCUT2D eigenvalue weighted by molar-refractivity contribution is 6.39. The molecule has 0 fully saturated rings. The SMILES string of the molecule is O=C(COC(=O)c1c(Cl)cccc1Cl)NNC(=O)c1ccc([N+](=O)[O-])cc1. The summed E-state index contributed by atoms with van der Waals surface area (Å²) >= 11 is 11.7. The van der Waals surface area contributed by atoms with E-state index < -0.39 is 29.3 Å². The van der Waals surface area contributed by atoms with Gasteiger partial charge in [0, 0.05) is 17.7 Å². The van der Waals surface area contributed by atoms with Crippen molar-refractivity contribution in [2.24, 2.45) is 0 Å². The fourth-order valence-electron chi connectivity index (χ4n) is 1.87. The van der Waals surface area contributed by atoms with Crippen molar-refractivity contribution >= 4 is 46.7 Å². The summed E-state index contributed by atoms with van der Waals surface area (Å²) in [5.74, 6) is -2.43. The van der Waals surface area contributed by atoms with Gasteiger partial charge in [0.05, 0.1) is 20.5 Å². The van der Waals surface area contributed by atoms with Crippen LogP contribution in [0.1, 0.15) is 20.7 Å². The van der Waals surface area contributed by atoms with E-state index in [1.165, 1.54) is 24.3 Å². The molecule has 0 aliphatic rings. The Morgan fingerprint density at radius 2 is 1.59 bits per heavy atom. The van der Waals surface area contributed by atoms with Crippen molar-refractivity contribution < 1.29 is 24.0 Å². The second kappa shape index (κ2) is 8.97. The minimum atomic E-state index is -0.901. The second-order valence-corrected chi connectivity index (χ2v) is 5.79. The van der Waals surface area contributed by atoms with E-state index in [1.807, 2.05) is 5.43 Å². The number of nitrogens with zero attached hydrogens (tertiary/aromatic N) is 1. The number of hydrogen-bond acceptors (Lipinski definition) is 6. The molecule has 0 aliphatic heterocycles. The molecule has 0 aromatic heterocycles. The predicted octanol–water partition coefficient (Wildman–Crippen LogP) is 2.52. The highest BCUT2D eigenvalue weighted by Crippen LogP contribution is 2.24. The van der Waals surface area contributed by atoms with Gasteiger partial charge in [-0.05, 0) is 24.3 Å². The van der Waals surface area contributed by atoms with E-state index >= 15 is 0 Å². The molecule has 0 spiro atoms. The first-order chi connectivity index (χ1) is 12.8. The van der Waals surface area contributed by atoms with E-state index in [-0.39, 0.29) is 26.9 Å². The Kier molecular flexibility index (Phi) is 6.69. The Bertz CT molecular complexity index is 881. The van der Waals surface area contributed by atoms with Crippen LogP contribution in [0.2, 0.25) is 10.0 Å². The molecule has 2 aromatic rings. The summed E-state index contributed by atoms with van der Waals surface area (Å²) in [7, 11) is 0. The van der Waals surface area contributed by atoms with E-state index in [4.69, 9.17) is 27.9 Å². The van der Waals surface area contributed by atoms with Crippen molar-refractivity contribution in [1.29, 1.82) is 0 Å². The Hall–Kier alpha value is -3.17. The van der Waals surface area contributed by atoms with Gasteiger partial charge in [-0.15, -0.1) is 0 Å². The van der Waals surface area contributed by atoms with Crippen LogP contribution in [-0.4, -0.2) is 29.3 Å². The number of carbonyl (C=O) groups excluding carboxylic acids is 3. The number of halogens is 2. The van der Waals surface area contributed by atoms with Gasteiger partial charge in [-0.1, -0.05) is 29.3 Å². The number of nitrogens with one attached hydrogen (secondary N) is 2. The zero-order valence-electron chi connectivity index (χ0n) is 13.4. The molecular formula is C16H11Cl2N3O6. The quantitative estimate of drug-likeness (QED) is 0.441. The monoisotopic (exact) mass is 411 g/mol. The summed E-state index contributed by atoms with van der Waals surface area (Å²) in [4.78, 5) is 45.4. The minimum absolute atomic E-state index is 0.0689. The van der Waals surface area contributed by atoms with Gasteiger partial charge in [-0.2, -0.15) is 0 Å². The number of nitro groups is 1. The molecular weight excluding hydrogens is 401 g/mol. The molecule has 0 unspecified atom stereocenters. The Morgan fingerprint density at radius 3 is 2.15 bits per heavy atom. The van der Waals surface area contributed by atoms with Crippen molar-refractivity contribution in [1.82, 2.24) is 10.9 Å². The van der Waals surface area contributed by atoms with Gasteiger partial charge < -0.3 is 4.74 Å². The van der Waals surface area contributed by atoms with Gasteiger partial charge >= 0.3 is 5.97 Å². The molecule has 2 N–H and O–H groups in total. The number of hydrogen-bond donors (Lipinski definition) is 2. The van der Waals surface area contributed by atoms with E-state index in [1.54, 1.807) is 6.07 Å². The number of esters is 1. The van der Waals surface area contributed by atoms with Crippen molar-refractivity contribution in [3.63, 3.8) is 0 Å². The van der Waals surface area contributed by atoms with Crippen molar-refractivity contribution in [2.75, 3.05) is 6.61 Å². The van der Waals surface area contributed by atoms with E-state index in [2.05, 4.69) is 5.43 Å². The number of non-ortho nitro benzene ring substituents is 1. The molecule has 0 saturated heterocycles. The van der Waals surface area contributed by atoms with Gasteiger partial charge in [0.25, 0.3) is 17.5 Å². The van der Waals surface area contributed by atoms with Crippen LogP contribution in [0.3, 0.4) is 0 Å². The van der Waals surface area contributed by atoms with Gasteiger partial charge in [0.1, 0.15) is 0 Å². The van der Waals surface area contributed by atoms with Gasteiger partial charge in [-0.3, -0.25) is 30.6 Å². The molecule has 2 amide bonds. The van der Waals surface area contributed by atoms with Crippen molar-refractivity contribution in [3.05, 3.63) is 73.8 Å². The molecule has 140 valence electrons. The smallest absolute Gasteiger partial charge is 0.341 e. The molecule has 0 saturated carbocycles. The summed E-state index contributed by atoms with van der Waals surface area (Å²) in [5.41, 5.74) is 3.94. The first-order valence-electron chi connectivity index (χ1n) is 7.24. The van der Waals surface area contributed by atoms with E-state index in [0.717, 1.165) is 12.1 Å². The van der Waals surface area contributed by atoms with E-state index in [9.17, 15) is 24.5 Å². The molecule has 0 aliphatic carbocycles. The second-order valence-electron chi connectivity index (χ2n) is 4.98. The first-order valence-corrected chi connectivity index (χ1v) is 8.00. The summed E-state index contributed by atoms with van der Waals surface area (Å²) in [6.45, 7) is -0.694. The van der Waals surface area contributed by atoms with Crippen molar-refractivity contribution in [3.8, 4) is 0 Å². The lowest BCUT2D eigenvalue weighted by molar-refractivity contribution is -0.384. The zero-order valence-corrected chi connectivity index (χ0v) is 14.9. The molecule has 0 radical (unpaired) electrons. The van der Waals surface area contributed by atoms with Crippen LogP contribution >= 0.6 is 23.2 Å². The molecule has 0 atom stereocenters. The average Bonchev–Trinajstić information content (AvgIpc) is 2.64. The third-order valence-electron chi connectivity index (χ3n) is 3.16. The van der Waals surface area contributed by atoms with Gasteiger partial charge in [0.2, 0.25) is 0 Å². The van der Waals surface area contributed by atoms with Gasteiger partial charge in [-0.25, -0.2) is 4.79 Å². The van der Waals surface area contributed by atoms with Crippen LogP contribution in [0, 0.1) is 10.1 Å². The number of carbonyl (C=O) groups is 3. The number of hydrazine groups is 1. The van der Waals surface area contributed by atoms with Gasteiger partial charge in [0.15, 0.2) is 6.61 Å². The Labute approximate surface area is 162 Å². The number of nitro benzene ring substituents is 1. The largest absolute Gasteiger partial charge is 0.452 e. The standard InChI is InChI=1S/C16H11Cl2N3O6/c17-11-2-1-3-12(18)14(11)16(24)27-8-13(22)19-20-15(23)9-4-6-10(7-5-9)21(25)26/h1-7H,8H2,(H,19,22)(H,20,23). The summed E-state index contributed by atoms with van der Waals surface area (Å²) in [6.07, 6.45) is 0. The van der Waals surface area contributed by atoms with Crippen LogP contribution in [0.4, 0.5) is 5.69 Å². The summed E-state index contributed by atoms with van der Waals surface area (Å²) in [6, 6.07) is 9.15. The number of benzene rings is 2. The molecule has 11 heteroatoms. The molecule has 27 heavy (non-hydrogen) atoms.